The second-order valence-electron chi connectivity index (χ2n) is 6.09. The smallest absolute Gasteiger partial charge is 0.243 e. The maximum Gasteiger partial charge on any atom is 0.243 e. The van der Waals surface area contributed by atoms with Gasteiger partial charge in [-0.2, -0.15) is 4.31 Å². The summed E-state index contributed by atoms with van der Waals surface area (Å²) >= 11 is 0. The second-order valence-corrected chi connectivity index (χ2v) is 8.03. The fourth-order valence-corrected chi connectivity index (χ4v) is 4.86. The molecule has 3 rings (SSSR count). The molecule has 2 aliphatic rings. The average Bonchev–Trinajstić information content (AvgIpc) is 2.85. The molecule has 2 bridgehead atoms. The van der Waals surface area contributed by atoms with Crippen LogP contribution < -0.4 is 5.32 Å². The number of fused-ring (bicyclic) bond motifs is 2. The molecule has 1 aromatic rings. The van der Waals surface area contributed by atoms with Crippen molar-refractivity contribution in [3.05, 3.63) is 29.8 Å². The van der Waals surface area contributed by atoms with Crippen molar-refractivity contribution in [3.8, 4) is 0 Å². The van der Waals surface area contributed by atoms with E-state index < -0.39 is 10.0 Å². The molecule has 23 heavy (non-hydrogen) atoms. The largest absolute Gasteiger partial charge is 0.310 e. The molecule has 2 fully saturated rings. The quantitative estimate of drug-likeness (QED) is 0.838. The lowest BCUT2D eigenvalue weighted by Crippen LogP contribution is -2.39. The number of nitrogens with zero attached hydrogens (tertiary/aromatic N) is 1. The van der Waals surface area contributed by atoms with Gasteiger partial charge in [0.15, 0.2) is 5.78 Å². The summed E-state index contributed by atoms with van der Waals surface area (Å²) in [7, 11) is -3.53. The lowest BCUT2D eigenvalue weighted by Gasteiger charge is -2.23. The highest BCUT2D eigenvalue weighted by atomic mass is 35.5. The summed E-state index contributed by atoms with van der Waals surface area (Å²) < 4.78 is 27.3. The number of hydrogen-bond donors (Lipinski definition) is 1. The standard InChI is InChI=1S/C16H22N2O3S.ClH/c1-2-16(19)12-4-3-5-15(10-12)22(20,21)18-9-8-13-6-7-14(11-18)17-13;/h3-5,10,13-14,17H,2,6-9,11H2,1H3;1H. The maximum atomic E-state index is 12.9. The molecular formula is C16H23ClN2O3S. The van der Waals surface area contributed by atoms with Gasteiger partial charge >= 0.3 is 0 Å². The van der Waals surface area contributed by atoms with Crippen LogP contribution in [0.25, 0.3) is 0 Å². The Labute approximate surface area is 143 Å². The predicted molar refractivity (Wildman–Crippen MR) is 91.6 cm³/mol. The van der Waals surface area contributed by atoms with Crippen LogP contribution in [0, 0.1) is 0 Å². The van der Waals surface area contributed by atoms with E-state index in [4.69, 9.17) is 0 Å². The normalized spacial score (nSPS) is 24.7. The number of carbonyl (C=O) groups is 1. The van der Waals surface area contributed by atoms with Crippen molar-refractivity contribution >= 4 is 28.2 Å². The van der Waals surface area contributed by atoms with Gasteiger partial charge in [0.1, 0.15) is 0 Å². The highest BCUT2D eigenvalue weighted by Crippen LogP contribution is 2.25. The predicted octanol–water partition coefficient (Wildman–Crippen LogP) is 2.22. The van der Waals surface area contributed by atoms with Crippen LogP contribution in [0.1, 0.15) is 43.0 Å². The monoisotopic (exact) mass is 358 g/mol. The van der Waals surface area contributed by atoms with Crippen LogP contribution in [-0.4, -0.2) is 43.7 Å². The van der Waals surface area contributed by atoms with Gasteiger partial charge in [0, 0.05) is 37.2 Å². The van der Waals surface area contributed by atoms with Crippen molar-refractivity contribution in [3.63, 3.8) is 0 Å². The zero-order chi connectivity index (χ0) is 15.7. The molecule has 1 aromatic carbocycles. The van der Waals surface area contributed by atoms with Crippen molar-refractivity contribution in [2.45, 2.75) is 49.6 Å². The molecule has 7 heteroatoms. The molecule has 0 amide bonds. The Hall–Kier alpha value is -0.950. The highest BCUT2D eigenvalue weighted by molar-refractivity contribution is 7.89. The Balaban J connectivity index is 0.00000192. The summed E-state index contributed by atoms with van der Waals surface area (Å²) in [5.74, 6) is -0.0337. The molecular weight excluding hydrogens is 336 g/mol. The molecule has 2 heterocycles. The van der Waals surface area contributed by atoms with E-state index in [1.165, 1.54) is 6.07 Å². The molecule has 2 atom stereocenters. The zero-order valence-electron chi connectivity index (χ0n) is 13.2. The van der Waals surface area contributed by atoms with Crippen LogP contribution in [0.5, 0.6) is 0 Å². The third-order valence-electron chi connectivity index (χ3n) is 4.60. The van der Waals surface area contributed by atoms with E-state index in [1.807, 2.05) is 0 Å². The van der Waals surface area contributed by atoms with Gasteiger partial charge in [0.05, 0.1) is 4.90 Å². The van der Waals surface area contributed by atoms with Gasteiger partial charge in [-0.25, -0.2) is 8.42 Å². The molecule has 1 N–H and O–H groups in total. The Kier molecular flexibility index (Phi) is 5.84. The van der Waals surface area contributed by atoms with Gasteiger partial charge in [-0.3, -0.25) is 4.79 Å². The summed E-state index contributed by atoms with van der Waals surface area (Å²) in [5.41, 5.74) is 0.470. The van der Waals surface area contributed by atoms with Crippen LogP contribution in [0.4, 0.5) is 0 Å². The number of ketones is 1. The zero-order valence-corrected chi connectivity index (χ0v) is 14.8. The summed E-state index contributed by atoms with van der Waals surface area (Å²) in [4.78, 5) is 12.0. The van der Waals surface area contributed by atoms with Gasteiger partial charge in [0.2, 0.25) is 10.0 Å². The van der Waals surface area contributed by atoms with E-state index >= 15 is 0 Å². The van der Waals surface area contributed by atoms with E-state index in [9.17, 15) is 13.2 Å². The third kappa shape index (κ3) is 3.76. The average molecular weight is 359 g/mol. The molecule has 2 saturated heterocycles. The minimum Gasteiger partial charge on any atom is -0.310 e. The van der Waals surface area contributed by atoms with Crippen molar-refractivity contribution in [2.75, 3.05) is 13.1 Å². The molecule has 0 saturated carbocycles. The lowest BCUT2D eigenvalue weighted by atomic mass is 10.1. The van der Waals surface area contributed by atoms with E-state index in [1.54, 1.807) is 29.4 Å². The molecule has 0 aromatic heterocycles. The SMILES string of the molecule is CCC(=O)c1cccc(S(=O)(=O)N2CCC3CCC(C2)N3)c1.Cl. The molecule has 2 unspecified atom stereocenters. The highest BCUT2D eigenvalue weighted by Gasteiger charge is 2.35. The molecule has 5 nitrogen and oxygen atoms in total. The van der Waals surface area contributed by atoms with Crippen LogP contribution >= 0.6 is 12.4 Å². The minimum atomic E-state index is -3.53. The molecule has 0 aliphatic carbocycles. The maximum absolute atomic E-state index is 12.9. The molecule has 128 valence electrons. The number of sulfonamides is 1. The molecule has 0 radical (unpaired) electrons. The van der Waals surface area contributed by atoms with Crippen LogP contribution in [0.2, 0.25) is 0 Å². The number of hydrogen-bond acceptors (Lipinski definition) is 4. The Morgan fingerprint density at radius 1 is 1.26 bits per heavy atom. The summed E-state index contributed by atoms with van der Waals surface area (Å²) in [6.45, 7) is 2.84. The van der Waals surface area contributed by atoms with E-state index in [2.05, 4.69) is 5.32 Å². The Morgan fingerprint density at radius 2 is 2.00 bits per heavy atom. The van der Waals surface area contributed by atoms with E-state index in [0.717, 1.165) is 19.3 Å². The summed E-state index contributed by atoms with van der Waals surface area (Å²) in [6, 6.07) is 7.12. The summed E-state index contributed by atoms with van der Waals surface area (Å²) in [6.07, 6.45) is 3.40. The number of carbonyl (C=O) groups excluding carboxylic acids is 1. The van der Waals surface area contributed by atoms with E-state index in [0.29, 0.717) is 31.1 Å². The first kappa shape index (κ1) is 18.4. The first-order valence-electron chi connectivity index (χ1n) is 7.90. The molecule has 0 spiro atoms. The number of nitrogens with one attached hydrogen (secondary N) is 1. The van der Waals surface area contributed by atoms with Crippen molar-refractivity contribution in [1.82, 2.24) is 9.62 Å². The van der Waals surface area contributed by atoms with Crippen molar-refractivity contribution < 1.29 is 13.2 Å². The molecule has 2 aliphatic heterocycles. The van der Waals surface area contributed by atoms with Gasteiger partial charge in [0.25, 0.3) is 0 Å². The number of rotatable bonds is 4. The lowest BCUT2D eigenvalue weighted by molar-refractivity contribution is 0.0988. The fourth-order valence-electron chi connectivity index (χ4n) is 3.31. The fraction of sp³-hybridized carbons (Fsp3) is 0.562. The Bertz CT molecular complexity index is 678. The van der Waals surface area contributed by atoms with Crippen molar-refractivity contribution in [1.29, 1.82) is 0 Å². The van der Waals surface area contributed by atoms with Crippen LogP contribution in [0.3, 0.4) is 0 Å². The number of Topliss-reactive ketones (excluding diaryl/α,β-unsaturated/α-hetero) is 1. The Morgan fingerprint density at radius 3 is 2.74 bits per heavy atom. The third-order valence-corrected chi connectivity index (χ3v) is 6.46. The second kappa shape index (κ2) is 7.30. The summed E-state index contributed by atoms with van der Waals surface area (Å²) in [5, 5.41) is 3.48. The minimum absolute atomic E-state index is 0. The van der Waals surface area contributed by atoms with Gasteiger partial charge < -0.3 is 5.32 Å². The van der Waals surface area contributed by atoms with Gasteiger partial charge in [-0.15, -0.1) is 12.4 Å². The topological polar surface area (TPSA) is 66.5 Å². The number of benzene rings is 1. The first-order valence-corrected chi connectivity index (χ1v) is 9.34. The number of halogens is 1. The van der Waals surface area contributed by atoms with Crippen LogP contribution in [0.15, 0.2) is 29.2 Å². The van der Waals surface area contributed by atoms with Crippen LogP contribution in [-0.2, 0) is 10.0 Å². The first-order chi connectivity index (χ1) is 10.5. The van der Waals surface area contributed by atoms with Gasteiger partial charge in [-0.1, -0.05) is 19.1 Å². The van der Waals surface area contributed by atoms with E-state index in [-0.39, 0.29) is 29.1 Å². The van der Waals surface area contributed by atoms with Crippen molar-refractivity contribution in [2.24, 2.45) is 0 Å². The van der Waals surface area contributed by atoms with Gasteiger partial charge in [-0.05, 0) is 31.4 Å².